The fourth-order valence-corrected chi connectivity index (χ4v) is 2.73. The number of nitrogens with one attached hydrogen (secondary N) is 1. The summed E-state index contributed by atoms with van der Waals surface area (Å²) in [7, 11) is 0. The molecule has 1 aromatic carbocycles. The van der Waals surface area contributed by atoms with Gasteiger partial charge in [-0.2, -0.15) is 5.10 Å². The SMILES string of the molecule is Cc1cc(C)n(C[C@@H](C)CNC(=O)Cn2nnc3ccccc32)n1. The number of rotatable bonds is 6. The minimum atomic E-state index is -0.0640. The van der Waals surface area contributed by atoms with E-state index in [0.717, 1.165) is 29.0 Å². The Bertz CT molecular complexity index is 850. The molecule has 0 radical (unpaired) electrons. The maximum Gasteiger partial charge on any atom is 0.241 e. The Balaban J connectivity index is 1.53. The maximum absolute atomic E-state index is 12.2. The third-order valence-corrected chi connectivity index (χ3v) is 3.95. The molecule has 0 aliphatic carbocycles. The van der Waals surface area contributed by atoms with E-state index in [2.05, 4.69) is 33.7 Å². The quantitative estimate of drug-likeness (QED) is 0.748. The summed E-state index contributed by atoms with van der Waals surface area (Å²) in [5, 5.41) is 15.5. The van der Waals surface area contributed by atoms with Crippen LogP contribution in [0.1, 0.15) is 18.3 Å². The number of hydrogen-bond donors (Lipinski definition) is 1. The molecule has 1 N–H and O–H groups in total. The minimum absolute atomic E-state index is 0.0640. The molecule has 1 atom stereocenters. The van der Waals surface area contributed by atoms with Gasteiger partial charge in [0.15, 0.2) is 0 Å². The molecule has 2 heterocycles. The molecule has 0 saturated heterocycles. The van der Waals surface area contributed by atoms with Crippen LogP contribution in [0.15, 0.2) is 30.3 Å². The molecule has 0 aliphatic rings. The van der Waals surface area contributed by atoms with Crippen LogP contribution in [-0.2, 0) is 17.9 Å². The van der Waals surface area contributed by atoms with Crippen molar-refractivity contribution in [1.82, 2.24) is 30.1 Å². The van der Waals surface area contributed by atoms with E-state index < -0.39 is 0 Å². The summed E-state index contributed by atoms with van der Waals surface area (Å²) in [4.78, 5) is 12.2. The average molecular weight is 326 g/mol. The second kappa shape index (κ2) is 6.82. The first-order valence-corrected chi connectivity index (χ1v) is 8.09. The zero-order chi connectivity index (χ0) is 17.1. The molecule has 3 rings (SSSR count). The van der Waals surface area contributed by atoms with Crippen LogP contribution in [0.4, 0.5) is 0 Å². The lowest BCUT2D eigenvalue weighted by Gasteiger charge is -2.14. The van der Waals surface area contributed by atoms with Gasteiger partial charge in [-0.1, -0.05) is 24.3 Å². The van der Waals surface area contributed by atoms with Gasteiger partial charge in [-0.25, -0.2) is 4.68 Å². The van der Waals surface area contributed by atoms with Crippen LogP contribution in [0, 0.1) is 19.8 Å². The molecule has 126 valence electrons. The first-order chi connectivity index (χ1) is 11.5. The Hall–Kier alpha value is -2.70. The van der Waals surface area contributed by atoms with Gasteiger partial charge in [-0.3, -0.25) is 9.48 Å². The summed E-state index contributed by atoms with van der Waals surface area (Å²) in [5.74, 6) is 0.227. The van der Waals surface area contributed by atoms with Crippen molar-refractivity contribution in [3.63, 3.8) is 0 Å². The molecule has 0 aliphatic heterocycles. The number of carbonyl (C=O) groups excluding carboxylic acids is 1. The molecular weight excluding hydrogens is 304 g/mol. The normalized spacial score (nSPS) is 12.5. The lowest BCUT2D eigenvalue weighted by Crippen LogP contribution is -2.33. The number of benzene rings is 1. The van der Waals surface area contributed by atoms with E-state index in [1.165, 1.54) is 0 Å². The van der Waals surface area contributed by atoms with Gasteiger partial charge in [0.05, 0.1) is 11.2 Å². The maximum atomic E-state index is 12.2. The largest absolute Gasteiger partial charge is 0.354 e. The average Bonchev–Trinajstić information content (AvgIpc) is 3.09. The molecule has 7 heteroatoms. The number of carbonyl (C=O) groups is 1. The fraction of sp³-hybridized carbons (Fsp3) is 0.412. The molecule has 0 fully saturated rings. The van der Waals surface area contributed by atoms with Crippen molar-refractivity contribution in [2.75, 3.05) is 6.54 Å². The zero-order valence-electron chi connectivity index (χ0n) is 14.2. The molecule has 24 heavy (non-hydrogen) atoms. The van der Waals surface area contributed by atoms with Crippen molar-refractivity contribution in [2.24, 2.45) is 5.92 Å². The summed E-state index contributed by atoms with van der Waals surface area (Å²) >= 11 is 0. The van der Waals surface area contributed by atoms with E-state index in [0.29, 0.717) is 12.5 Å². The predicted molar refractivity (Wildman–Crippen MR) is 91.4 cm³/mol. The van der Waals surface area contributed by atoms with Crippen LogP contribution in [0.2, 0.25) is 0 Å². The van der Waals surface area contributed by atoms with Crippen LogP contribution in [0.25, 0.3) is 11.0 Å². The van der Waals surface area contributed by atoms with Gasteiger partial charge in [-0.15, -0.1) is 5.10 Å². The zero-order valence-corrected chi connectivity index (χ0v) is 14.2. The number of nitrogens with zero attached hydrogens (tertiary/aromatic N) is 5. The molecule has 0 bridgehead atoms. The molecule has 0 saturated carbocycles. The van der Waals surface area contributed by atoms with E-state index in [-0.39, 0.29) is 12.5 Å². The standard InChI is InChI=1S/C17H22N6O/c1-12(10-22-14(3)8-13(2)20-22)9-18-17(24)11-23-16-7-5-4-6-15(16)19-21-23/h4-8,12H,9-11H2,1-3H3,(H,18,24)/t12-/m0/s1. The number of aromatic nitrogens is 5. The van der Waals surface area contributed by atoms with Crippen molar-refractivity contribution < 1.29 is 4.79 Å². The number of aryl methyl sites for hydroxylation is 2. The minimum Gasteiger partial charge on any atom is -0.354 e. The number of amides is 1. The highest BCUT2D eigenvalue weighted by atomic mass is 16.2. The summed E-state index contributed by atoms with van der Waals surface area (Å²) in [5.41, 5.74) is 3.81. The Kier molecular flexibility index (Phi) is 4.59. The van der Waals surface area contributed by atoms with E-state index in [9.17, 15) is 4.79 Å². The van der Waals surface area contributed by atoms with Crippen molar-refractivity contribution in [1.29, 1.82) is 0 Å². The number of fused-ring (bicyclic) bond motifs is 1. The van der Waals surface area contributed by atoms with Gasteiger partial charge in [0, 0.05) is 18.8 Å². The molecule has 3 aromatic rings. The molecule has 7 nitrogen and oxygen atoms in total. The lowest BCUT2D eigenvalue weighted by molar-refractivity contribution is -0.122. The van der Waals surface area contributed by atoms with Crippen LogP contribution in [0.5, 0.6) is 0 Å². The number of para-hydroxylation sites is 1. The van der Waals surface area contributed by atoms with Crippen molar-refractivity contribution in [3.8, 4) is 0 Å². The topological polar surface area (TPSA) is 77.6 Å². The van der Waals surface area contributed by atoms with Crippen LogP contribution < -0.4 is 5.32 Å². The summed E-state index contributed by atoms with van der Waals surface area (Å²) in [6.07, 6.45) is 0. The monoisotopic (exact) mass is 326 g/mol. The number of hydrogen-bond acceptors (Lipinski definition) is 4. The molecular formula is C17H22N6O. The van der Waals surface area contributed by atoms with Crippen LogP contribution in [0.3, 0.4) is 0 Å². The van der Waals surface area contributed by atoms with Crippen molar-refractivity contribution in [2.45, 2.75) is 33.9 Å². The van der Waals surface area contributed by atoms with Gasteiger partial charge in [0.2, 0.25) is 5.91 Å². The molecule has 1 amide bonds. The van der Waals surface area contributed by atoms with Gasteiger partial charge < -0.3 is 5.32 Å². The highest BCUT2D eigenvalue weighted by Gasteiger charge is 2.11. The van der Waals surface area contributed by atoms with E-state index in [4.69, 9.17) is 0 Å². The predicted octanol–water partition coefficient (Wildman–Crippen LogP) is 1.70. The summed E-state index contributed by atoms with van der Waals surface area (Å²) in [6, 6.07) is 9.67. The van der Waals surface area contributed by atoms with Crippen molar-refractivity contribution in [3.05, 3.63) is 41.7 Å². The first kappa shape index (κ1) is 16.2. The van der Waals surface area contributed by atoms with Crippen LogP contribution >= 0.6 is 0 Å². The van der Waals surface area contributed by atoms with Gasteiger partial charge >= 0.3 is 0 Å². The van der Waals surface area contributed by atoms with E-state index >= 15 is 0 Å². The Morgan fingerprint density at radius 1 is 1.25 bits per heavy atom. The first-order valence-electron chi connectivity index (χ1n) is 8.09. The van der Waals surface area contributed by atoms with Gasteiger partial charge in [-0.05, 0) is 38.0 Å². The Morgan fingerprint density at radius 3 is 2.79 bits per heavy atom. The third-order valence-electron chi connectivity index (χ3n) is 3.95. The Labute approximate surface area is 140 Å². The highest BCUT2D eigenvalue weighted by molar-refractivity contribution is 5.79. The molecule has 0 unspecified atom stereocenters. The Morgan fingerprint density at radius 2 is 2.04 bits per heavy atom. The van der Waals surface area contributed by atoms with E-state index in [1.807, 2.05) is 42.8 Å². The second-order valence-electron chi connectivity index (χ2n) is 6.25. The molecule has 0 spiro atoms. The molecule has 2 aromatic heterocycles. The third kappa shape index (κ3) is 3.61. The summed E-state index contributed by atoms with van der Waals surface area (Å²) in [6.45, 7) is 7.68. The van der Waals surface area contributed by atoms with Gasteiger partial charge in [0.1, 0.15) is 12.1 Å². The fourth-order valence-electron chi connectivity index (χ4n) is 2.73. The second-order valence-corrected chi connectivity index (χ2v) is 6.25. The van der Waals surface area contributed by atoms with E-state index in [1.54, 1.807) is 4.68 Å². The van der Waals surface area contributed by atoms with Gasteiger partial charge in [0.25, 0.3) is 0 Å². The smallest absolute Gasteiger partial charge is 0.241 e. The summed E-state index contributed by atoms with van der Waals surface area (Å²) < 4.78 is 3.60. The van der Waals surface area contributed by atoms with Crippen molar-refractivity contribution >= 4 is 16.9 Å². The van der Waals surface area contributed by atoms with Crippen LogP contribution in [-0.4, -0.2) is 37.2 Å². The lowest BCUT2D eigenvalue weighted by atomic mass is 10.2. The highest BCUT2D eigenvalue weighted by Crippen LogP contribution is 2.09.